The lowest BCUT2D eigenvalue weighted by Crippen LogP contribution is -1.91. The smallest absolute Gasteiger partial charge is 0.241 e. The molecule has 6 heteroatoms. The lowest BCUT2D eigenvalue weighted by molar-refractivity contribution is 0.387. The maximum Gasteiger partial charge on any atom is 0.241 e. The number of rotatable bonds is 2. The van der Waals surface area contributed by atoms with Gasteiger partial charge in [0.15, 0.2) is 0 Å². The summed E-state index contributed by atoms with van der Waals surface area (Å²) >= 11 is 0. The van der Waals surface area contributed by atoms with Crippen LogP contribution in [0.5, 0.6) is 0 Å². The zero-order valence-electron chi connectivity index (χ0n) is 8.01. The van der Waals surface area contributed by atoms with Gasteiger partial charge in [-0.2, -0.15) is 10.2 Å². The summed E-state index contributed by atoms with van der Waals surface area (Å²) in [5.41, 5.74) is 0.593. The average molecular weight is 201 g/mol. The second kappa shape index (κ2) is 3.84. The predicted octanol–water partition coefficient (Wildman–Crippen LogP) is 0.901. The van der Waals surface area contributed by atoms with Crippen LogP contribution in [0.3, 0.4) is 0 Å². The molecule has 2 aromatic rings. The molecule has 0 aliphatic heterocycles. The quantitative estimate of drug-likeness (QED) is 0.717. The van der Waals surface area contributed by atoms with Gasteiger partial charge in [0, 0.05) is 6.20 Å². The summed E-state index contributed by atoms with van der Waals surface area (Å²) in [5.74, 6) is 1.31. The first-order chi connectivity index (χ1) is 7.29. The summed E-state index contributed by atoms with van der Waals surface area (Å²) in [6, 6.07) is 3.62. The molecule has 0 atom stereocenters. The highest BCUT2D eigenvalue weighted by Gasteiger charge is 2.09. The van der Waals surface area contributed by atoms with Crippen molar-refractivity contribution in [3.05, 3.63) is 24.0 Å². The molecule has 74 valence electrons. The van der Waals surface area contributed by atoms with Crippen LogP contribution in [-0.4, -0.2) is 20.1 Å². The number of hydrogen-bond donors (Lipinski definition) is 0. The largest absolute Gasteiger partial charge is 0.338 e. The zero-order chi connectivity index (χ0) is 10.7. The molecule has 0 aliphatic carbocycles. The molecular formula is C9H7N5O. The van der Waals surface area contributed by atoms with Crippen molar-refractivity contribution in [3.63, 3.8) is 0 Å². The zero-order valence-corrected chi connectivity index (χ0v) is 8.01. The molecule has 6 nitrogen and oxygen atoms in total. The van der Waals surface area contributed by atoms with E-state index in [-0.39, 0.29) is 6.42 Å². The highest BCUT2D eigenvalue weighted by molar-refractivity contribution is 5.46. The summed E-state index contributed by atoms with van der Waals surface area (Å²) < 4.78 is 4.86. The van der Waals surface area contributed by atoms with Crippen molar-refractivity contribution in [2.75, 3.05) is 0 Å². The number of nitrogens with zero attached hydrogens (tertiary/aromatic N) is 5. The van der Waals surface area contributed by atoms with Crippen LogP contribution < -0.4 is 0 Å². The first kappa shape index (κ1) is 9.27. The van der Waals surface area contributed by atoms with E-state index in [0.29, 0.717) is 23.2 Å². The molecule has 2 aromatic heterocycles. The minimum absolute atomic E-state index is 0.108. The van der Waals surface area contributed by atoms with E-state index in [2.05, 4.69) is 20.1 Å². The Morgan fingerprint density at radius 1 is 1.47 bits per heavy atom. The van der Waals surface area contributed by atoms with E-state index in [4.69, 9.17) is 9.78 Å². The van der Waals surface area contributed by atoms with Crippen molar-refractivity contribution in [2.45, 2.75) is 13.3 Å². The van der Waals surface area contributed by atoms with E-state index in [1.165, 1.54) is 0 Å². The maximum atomic E-state index is 8.44. The van der Waals surface area contributed by atoms with E-state index in [1.54, 1.807) is 19.2 Å². The molecule has 0 aliphatic rings. The summed E-state index contributed by atoms with van der Waals surface area (Å²) in [7, 11) is 0. The molecule has 0 N–H and O–H groups in total. The topological polar surface area (TPSA) is 88.5 Å². The van der Waals surface area contributed by atoms with Crippen LogP contribution in [0.2, 0.25) is 0 Å². The van der Waals surface area contributed by atoms with Gasteiger partial charge in [0.25, 0.3) is 0 Å². The second-order valence-electron chi connectivity index (χ2n) is 2.84. The summed E-state index contributed by atoms with van der Waals surface area (Å²) in [4.78, 5) is 12.1. The fourth-order valence-electron chi connectivity index (χ4n) is 1.08. The van der Waals surface area contributed by atoms with Crippen LogP contribution in [0.1, 0.15) is 11.7 Å². The minimum Gasteiger partial charge on any atom is -0.338 e. The first-order valence-electron chi connectivity index (χ1n) is 4.29. The van der Waals surface area contributed by atoms with Gasteiger partial charge in [-0.25, -0.2) is 9.97 Å². The Balaban J connectivity index is 2.34. The van der Waals surface area contributed by atoms with E-state index in [1.807, 2.05) is 6.07 Å². The lowest BCUT2D eigenvalue weighted by atomic mass is 10.4. The molecule has 0 fully saturated rings. The van der Waals surface area contributed by atoms with Crippen LogP contribution in [0.4, 0.5) is 0 Å². The molecule has 0 radical (unpaired) electrons. The number of hydrogen-bond acceptors (Lipinski definition) is 6. The van der Waals surface area contributed by atoms with Crippen LogP contribution in [-0.2, 0) is 6.42 Å². The molecule has 0 unspecified atom stereocenters. The van der Waals surface area contributed by atoms with E-state index < -0.39 is 0 Å². The number of aromatic nitrogens is 4. The van der Waals surface area contributed by atoms with Crippen molar-refractivity contribution in [2.24, 2.45) is 0 Å². The Hall–Kier alpha value is -2.29. The van der Waals surface area contributed by atoms with Crippen molar-refractivity contribution >= 4 is 0 Å². The van der Waals surface area contributed by atoms with Crippen LogP contribution in [0.15, 0.2) is 16.8 Å². The van der Waals surface area contributed by atoms with Crippen molar-refractivity contribution in [1.82, 2.24) is 20.1 Å². The van der Waals surface area contributed by atoms with Gasteiger partial charge in [-0.1, -0.05) is 5.16 Å². The number of nitriles is 1. The molecule has 2 rings (SSSR count). The highest BCUT2D eigenvalue weighted by Crippen LogP contribution is 2.12. The SMILES string of the molecule is Cc1nccc(-c2noc(CC#N)n2)n1. The fraction of sp³-hybridized carbons (Fsp3) is 0.222. The lowest BCUT2D eigenvalue weighted by Gasteiger charge is -1.93. The Morgan fingerprint density at radius 3 is 3.07 bits per heavy atom. The van der Waals surface area contributed by atoms with E-state index >= 15 is 0 Å². The third-order valence-corrected chi connectivity index (χ3v) is 1.70. The van der Waals surface area contributed by atoms with Gasteiger partial charge in [-0.05, 0) is 13.0 Å². The highest BCUT2D eigenvalue weighted by atomic mass is 16.5. The van der Waals surface area contributed by atoms with Gasteiger partial charge < -0.3 is 4.52 Å². The fourth-order valence-corrected chi connectivity index (χ4v) is 1.08. The molecule has 0 amide bonds. The molecule has 2 heterocycles. The predicted molar refractivity (Wildman–Crippen MR) is 49.4 cm³/mol. The van der Waals surface area contributed by atoms with Gasteiger partial charge in [-0.3, -0.25) is 0 Å². The Labute approximate surface area is 85.6 Å². The average Bonchev–Trinajstić information content (AvgIpc) is 2.67. The van der Waals surface area contributed by atoms with Gasteiger partial charge in [-0.15, -0.1) is 0 Å². The van der Waals surface area contributed by atoms with E-state index in [9.17, 15) is 0 Å². The second-order valence-corrected chi connectivity index (χ2v) is 2.84. The summed E-state index contributed by atoms with van der Waals surface area (Å²) in [6.07, 6.45) is 1.73. The maximum absolute atomic E-state index is 8.44. The summed E-state index contributed by atoms with van der Waals surface area (Å²) in [5, 5.41) is 12.2. The molecule has 0 bridgehead atoms. The molecule has 0 saturated heterocycles. The van der Waals surface area contributed by atoms with Gasteiger partial charge in [0.1, 0.15) is 17.9 Å². The van der Waals surface area contributed by atoms with Crippen molar-refractivity contribution < 1.29 is 4.52 Å². The standard InChI is InChI=1S/C9H7N5O/c1-6-11-5-3-7(12-6)9-13-8(2-4-10)15-14-9/h3,5H,2H2,1H3. The van der Waals surface area contributed by atoms with Crippen molar-refractivity contribution in [3.8, 4) is 17.6 Å². The van der Waals surface area contributed by atoms with Gasteiger partial charge in [0.2, 0.25) is 11.7 Å². The Bertz CT molecular complexity index is 513. The van der Waals surface area contributed by atoms with Crippen LogP contribution >= 0.6 is 0 Å². The monoisotopic (exact) mass is 201 g/mol. The molecule has 15 heavy (non-hydrogen) atoms. The third kappa shape index (κ3) is 1.96. The number of aryl methyl sites for hydroxylation is 1. The van der Waals surface area contributed by atoms with Crippen LogP contribution in [0, 0.1) is 18.3 Å². The Morgan fingerprint density at radius 2 is 2.33 bits per heavy atom. The van der Waals surface area contributed by atoms with E-state index in [0.717, 1.165) is 0 Å². The Kier molecular flexibility index (Phi) is 2.37. The first-order valence-corrected chi connectivity index (χ1v) is 4.29. The third-order valence-electron chi connectivity index (χ3n) is 1.70. The van der Waals surface area contributed by atoms with Crippen LogP contribution in [0.25, 0.3) is 11.5 Å². The summed E-state index contributed by atoms with van der Waals surface area (Å²) in [6.45, 7) is 1.78. The molecule has 0 spiro atoms. The normalized spacial score (nSPS) is 9.87. The minimum atomic E-state index is 0.108. The van der Waals surface area contributed by atoms with Gasteiger partial charge >= 0.3 is 0 Å². The molecular weight excluding hydrogens is 194 g/mol. The van der Waals surface area contributed by atoms with Crippen molar-refractivity contribution in [1.29, 1.82) is 5.26 Å². The molecule has 0 saturated carbocycles. The molecule has 0 aromatic carbocycles. The van der Waals surface area contributed by atoms with Gasteiger partial charge in [0.05, 0.1) is 6.07 Å².